The van der Waals surface area contributed by atoms with Gasteiger partial charge in [0.25, 0.3) is 0 Å². The maximum atomic E-state index is 11.5. The summed E-state index contributed by atoms with van der Waals surface area (Å²) >= 11 is 0. The number of carboxylic acid groups (broad SMARTS) is 1. The highest BCUT2D eigenvalue weighted by Gasteiger charge is 2.25. The SMILES string of the molecule is Cc1cn(-c2cccc3c2Cc2cccc(C)c2-3)c(C)c1C(=O)O. The Kier molecular flexibility index (Phi) is 3.14. The molecule has 3 nitrogen and oxygen atoms in total. The summed E-state index contributed by atoms with van der Waals surface area (Å²) in [5.41, 5.74) is 9.56. The van der Waals surface area contributed by atoms with Crippen molar-refractivity contribution in [3.63, 3.8) is 0 Å². The van der Waals surface area contributed by atoms with Crippen LogP contribution in [0.25, 0.3) is 16.8 Å². The molecule has 120 valence electrons. The zero-order valence-corrected chi connectivity index (χ0v) is 14.1. The van der Waals surface area contributed by atoms with Gasteiger partial charge in [-0.25, -0.2) is 4.79 Å². The molecular formula is C21H19NO2. The molecule has 0 aliphatic heterocycles. The summed E-state index contributed by atoms with van der Waals surface area (Å²) in [7, 11) is 0. The standard InChI is InChI=1S/C21H19NO2/c1-12-6-4-7-15-10-17-16(20(12)15)8-5-9-18(17)22-11-13(2)19(14(22)3)21(23)24/h4-9,11H,10H2,1-3H3,(H,23,24). The Labute approximate surface area is 141 Å². The number of hydrogen-bond donors (Lipinski definition) is 1. The van der Waals surface area contributed by atoms with Gasteiger partial charge in [0.1, 0.15) is 0 Å². The molecule has 0 radical (unpaired) electrons. The van der Waals surface area contributed by atoms with E-state index >= 15 is 0 Å². The summed E-state index contributed by atoms with van der Waals surface area (Å²) < 4.78 is 2.03. The van der Waals surface area contributed by atoms with Crippen LogP contribution in [0.2, 0.25) is 0 Å². The third-order valence-electron chi connectivity index (χ3n) is 5.06. The predicted molar refractivity (Wildman–Crippen MR) is 95.2 cm³/mol. The zero-order chi connectivity index (χ0) is 17.0. The van der Waals surface area contributed by atoms with Gasteiger partial charge in [0.2, 0.25) is 0 Å². The molecule has 0 unspecified atom stereocenters. The summed E-state index contributed by atoms with van der Waals surface area (Å²) in [5, 5.41) is 9.47. The Morgan fingerprint density at radius 3 is 2.50 bits per heavy atom. The lowest BCUT2D eigenvalue weighted by atomic mass is 10.0. The fourth-order valence-corrected chi connectivity index (χ4v) is 4.01. The van der Waals surface area contributed by atoms with Crippen LogP contribution in [0.15, 0.2) is 42.6 Å². The molecule has 24 heavy (non-hydrogen) atoms. The van der Waals surface area contributed by atoms with E-state index < -0.39 is 5.97 Å². The van der Waals surface area contributed by atoms with Crippen molar-refractivity contribution in [1.82, 2.24) is 4.57 Å². The van der Waals surface area contributed by atoms with Crippen LogP contribution in [0.4, 0.5) is 0 Å². The van der Waals surface area contributed by atoms with Crippen molar-refractivity contribution in [3.8, 4) is 16.8 Å². The monoisotopic (exact) mass is 317 g/mol. The molecule has 0 bridgehead atoms. The number of hydrogen-bond acceptors (Lipinski definition) is 1. The van der Waals surface area contributed by atoms with E-state index in [1.54, 1.807) is 0 Å². The maximum absolute atomic E-state index is 11.5. The maximum Gasteiger partial charge on any atom is 0.337 e. The minimum Gasteiger partial charge on any atom is -0.478 e. The Bertz CT molecular complexity index is 995. The van der Waals surface area contributed by atoms with Gasteiger partial charge in [0.05, 0.1) is 5.56 Å². The number of fused-ring (bicyclic) bond motifs is 3. The highest BCUT2D eigenvalue weighted by Crippen LogP contribution is 2.41. The number of carbonyl (C=O) groups is 1. The number of rotatable bonds is 2. The summed E-state index contributed by atoms with van der Waals surface area (Å²) in [6, 6.07) is 12.7. The molecule has 1 aliphatic carbocycles. The molecule has 0 fully saturated rings. The van der Waals surface area contributed by atoms with Crippen molar-refractivity contribution >= 4 is 5.97 Å². The smallest absolute Gasteiger partial charge is 0.337 e. The Morgan fingerprint density at radius 2 is 1.79 bits per heavy atom. The molecule has 3 aromatic rings. The van der Waals surface area contributed by atoms with Crippen LogP contribution in [-0.4, -0.2) is 15.6 Å². The number of aromatic nitrogens is 1. The van der Waals surface area contributed by atoms with Crippen molar-refractivity contribution in [1.29, 1.82) is 0 Å². The molecule has 1 aromatic heterocycles. The Balaban J connectivity index is 1.96. The normalized spacial score (nSPS) is 12.1. The molecule has 0 spiro atoms. The van der Waals surface area contributed by atoms with E-state index in [2.05, 4.69) is 43.3 Å². The summed E-state index contributed by atoms with van der Waals surface area (Å²) in [6.07, 6.45) is 2.83. The van der Waals surface area contributed by atoms with Gasteiger partial charge in [-0.15, -0.1) is 0 Å². The highest BCUT2D eigenvalue weighted by atomic mass is 16.4. The third kappa shape index (κ3) is 1.94. The highest BCUT2D eigenvalue weighted by molar-refractivity contribution is 5.91. The summed E-state index contributed by atoms with van der Waals surface area (Å²) in [4.78, 5) is 11.5. The predicted octanol–water partition coefficient (Wildman–Crippen LogP) is 4.67. The van der Waals surface area contributed by atoms with E-state index in [0.29, 0.717) is 5.56 Å². The second-order valence-corrected chi connectivity index (χ2v) is 6.54. The van der Waals surface area contributed by atoms with Gasteiger partial charge in [-0.1, -0.05) is 30.3 Å². The van der Waals surface area contributed by atoms with Crippen molar-refractivity contribution in [3.05, 3.63) is 76.1 Å². The van der Waals surface area contributed by atoms with Gasteiger partial charge in [0.15, 0.2) is 0 Å². The van der Waals surface area contributed by atoms with E-state index in [4.69, 9.17) is 0 Å². The van der Waals surface area contributed by atoms with Crippen LogP contribution in [-0.2, 0) is 6.42 Å². The summed E-state index contributed by atoms with van der Waals surface area (Å²) in [6.45, 7) is 5.88. The number of benzene rings is 2. The van der Waals surface area contributed by atoms with Crippen LogP contribution in [0.5, 0.6) is 0 Å². The van der Waals surface area contributed by atoms with Crippen molar-refractivity contribution in [2.75, 3.05) is 0 Å². The third-order valence-corrected chi connectivity index (χ3v) is 5.06. The lowest BCUT2D eigenvalue weighted by molar-refractivity contribution is 0.0695. The fraction of sp³-hybridized carbons (Fsp3) is 0.190. The van der Waals surface area contributed by atoms with Crippen molar-refractivity contribution < 1.29 is 9.90 Å². The molecular weight excluding hydrogens is 298 g/mol. The van der Waals surface area contributed by atoms with Crippen LogP contribution < -0.4 is 0 Å². The Morgan fingerprint density at radius 1 is 1.04 bits per heavy atom. The van der Waals surface area contributed by atoms with Gasteiger partial charge in [-0.2, -0.15) is 0 Å². The quantitative estimate of drug-likeness (QED) is 0.583. The van der Waals surface area contributed by atoms with Gasteiger partial charge in [-0.05, 0) is 60.2 Å². The molecule has 0 atom stereocenters. The van der Waals surface area contributed by atoms with E-state index in [1.807, 2.05) is 24.6 Å². The number of carboxylic acids is 1. The average molecular weight is 317 g/mol. The van der Waals surface area contributed by atoms with Crippen LogP contribution in [0.3, 0.4) is 0 Å². The summed E-state index contributed by atoms with van der Waals surface area (Å²) in [5.74, 6) is -0.865. The molecule has 1 N–H and O–H groups in total. The lowest BCUT2D eigenvalue weighted by Crippen LogP contribution is -2.03. The van der Waals surface area contributed by atoms with Crippen molar-refractivity contribution in [2.45, 2.75) is 27.2 Å². The van der Waals surface area contributed by atoms with Gasteiger partial charge in [0, 0.05) is 24.0 Å². The molecule has 3 heteroatoms. The number of nitrogens with zero attached hydrogens (tertiary/aromatic N) is 1. The van der Waals surface area contributed by atoms with Gasteiger partial charge >= 0.3 is 5.97 Å². The Hall–Kier alpha value is -2.81. The van der Waals surface area contributed by atoms with E-state index in [-0.39, 0.29) is 0 Å². The second kappa shape index (κ2) is 5.10. The minimum atomic E-state index is -0.865. The van der Waals surface area contributed by atoms with Crippen molar-refractivity contribution in [2.24, 2.45) is 0 Å². The number of aromatic carboxylic acids is 1. The minimum absolute atomic E-state index is 0.402. The molecule has 1 aliphatic rings. The first kappa shape index (κ1) is 14.8. The first-order valence-corrected chi connectivity index (χ1v) is 8.12. The van der Waals surface area contributed by atoms with E-state index in [9.17, 15) is 9.90 Å². The van der Waals surface area contributed by atoms with Gasteiger partial charge < -0.3 is 9.67 Å². The van der Waals surface area contributed by atoms with Crippen LogP contribution in [0, 0.1) is 20.8 Å². The van der Waals surface area contributed by atoms with Crippen LogP contribution >= 0.6 is 0 Å². The van der Waals surface area contributed by atoms with Gasteiger partial charge in [-0.3, -0.25) is 0 Å². The number of aryl methyl sites for hydroxylation is 2. The molecule has 0 saturated carbocycles. The van der Waals surface area contributed by atoms with E-state index in [0.717, 1.165) is 23.4 Å². The molecule has 0 saturated heterocycles. The first-order chi connectivity index (χ1) is 11.5. The van der Waals surface area contributed by atoms with Crippen LogP contribution in [0.1, 0.15) is 38.3 Å². The zero-order valence-electron chi connectivity index (χ0n) is 14.1. The average Bonchev–Trinajstić information content (AvgIpc) is 3.05. The lowest BCUT2D eigenvalue weighted by Gasteiger charge is -2.12. The molecule has 1 heterocycles. The largest absolute Gasteiger partial charge is 0.478 e. The topological polar surface area (TPSA) is 42.2 Å². The second-order valence-electron chi connectivity index (χ2n) is 6.54. The molecule has 4 rings (SSSR count). The molecule has 2 aromatic carbocycles. The fourth-order valence-electron chi connectivity index (χ4n) is 4.01. The van der Waals surface area contributed by atoms with E-state index in [1.165, 1.54) is 27.8 Å². The molecule has 0 amide bonds. The first-order valence-electron chi connectivity index (χ1n) is 8.12.